The number of nitriles is 1. The van der Waals surface area contributed by atoms with Crippen LogP contribution in [-0.2, 0) is 4.79 Å². The van der Waals surface area contributed by atoms with Crippen LogP contribution in [0.4, 0.5) is 0 Å². The Morgan fingerprint density at radius 1 is 1.41 bits per heavy atom. The zero-order valence-electron chi connectivity index (χ0n) is 11.7. The normalized spacial score (nSPS) is 12.5. The number of carbonyl (C=O) groups is 1. The van der Waals surface area contributed by atoms with Gasteiger partial charge in [-0.05, 0) is 31.2 Å². The smallest absolute Gasteiger partial charge is 0.220 e. The Bertz CT molecular complexity index is 868. The number of carbonyl (C=O) groups excluding carboxylic acids is 1. The fourth-order valence-electron chi connectivity index (χ4n) is 1.97. The first-order valence-electron chi connectivity index (χ1n) is 6.56. The number of thiazole rings is 1. The molecule has 0 amide bonds. The first-order valence-corrected chi connectivity index (χ1v) is 7.44. The van der Waals surface area contributed by atoms with Crippen molar-refractivity contribution < 1.29 is 9.21 Å². The Morgan fingerprint density at radius 3 is 2.91 bits per heavy atom. The lowest BCUT2D eigenvalue weighted by Crippen LogP contribution is -2.08. The first kappa shape index (κ1) is 14.2. The van der Waals surface area contributed by atoms with Gasteiger partial charge in [-0.25, -0.2) is 9.97 Å². The molecule has 1 aromatic carbocycles. The van der Waals surface area contributed by atoms with Crippen LogP contribution in [-0.4, -0.2) is 15.8 Å². The lowest BCUT2D eigenvalue weighted by molar-refractivity contribution is -0.115. The van der Waals surface area contributed by atoms with Gasteiger partial charge in [0.1, 0.15) is 5.52 Å². The third-order valence-corrected chi connectivity index (χ3v) is 3.82. The highest BCUT2D eigenvalue weighted by molar-refractivity contribution is 7.09. The van der Waals surface area contributed by atoms with Crippen molar-refractivity contribution in [3.63, 3.8) is 0 Å². The standard InChI is InChI=1S/C16H11N3O2S/c1-10-18-11(9-22-10)6-7-14(20)12(8-17)16-19-13-4-2-3-5-15(13)21-16/h2-7,9,12H,1H3/b7-6+/t12-/m1/s1. The molecule has 0 N–H and O–H groups in total. The Kier molecular flexibility index (Phi) is 3.81. The molecule has 6 heteroatoms. The summed E-state index contributed by atoms with van der Waals surface area (Å²) >= 11 is 1.50. The monoisotopic (exact) mass is 309 g/mol. The maximum Gasteiger partial charge on any atom is 0.220 e. The van der Waals surface area contributed by atoms with Gasteiger partial charge in [0, 0.05) is 5.38 Å². The van der Waals surface area contributed by atoms with Crippen LogP contribution in [0.2, 0.25) is 0 Å². The molecule has 0 bridgehead atoms. The van der Waals surface area contributed by atoms with Gasteiger partial charge in [0.2, 0.25) is 5.89 Å². The van der Waals surface area contributed by atoms with E-state index in [1.807, 2.05) is 30.5 Å². The number of para-hydroxylation sites is 2. The predicted octanol–water partition coefficient (Wildman–Crippen LogP) is 3.48. The molecule has 22 heavy (non-hydrogen) atoms. The average Bonchev–Trinajstić information content (AvgIpc) is 3.11. The topological polar surface area (TPSA) is 79.8 Å². The maximum atomic E-state index is 12.2. The van der Waals surface area contributed by atoms with Gasteiger partial charge in [-0.1, -0.05) is 12.1 Å². The van der Waals surface area contributed by atoms with Gasteiger partial charge < -0.3 is 4.42 Å². The van der Waals surface area contributed by atoms with Crippen molar-refractivity contribution in [1.82, 2.24) is 9.97 Å². The van der Waals surface area contributed by atoms with E-state index in [1.165, 1.54) is 17.4 Å². The second-order valence-electron chi connectivity index (χ2n) is 4.61. The number of aromatic nitrogens is 2. The van der Waals surface area contributed by atoms with E-state index in [1.54, 1.807) is 18.2 Å². The van der Waals surface area contributed by atoms with Gasteiger partial charge in [0.25, 0.3) is 0 Å². The molecule has 0 saturated carbocycles. The summed E-state index contributed by atoms with van der Waals surface area (Å²) in [6.45, 7) is 1.89. The summed E-state index contributed by atoms with van der Waals surface area (Å²) in [6, 6.07) is 9.10. The molecule has 3 aromatic rings. The van der Waals surface area contributed by atoms with E-state index < -0.39 is 5.92 Å². The number of aryl methyl sites for hydroxylation is 1. The van der Waals surface area contributed by atoms with E-state index in [9.17, 15) is 10.1 Å². The van der Waals surface area contributed by atoms with Crippen LogP contribution in [0.25, 0.3) is 17.2 Å². The number of rotatable bonds is 4. The van der Waals surface area contributed by atoms with Crippen LogP contribution in [0.1, 0.15) is 22.5 Å². The molecule has 108 valence electrons. The van der Waals surface area contributed by atoms with Crippen LogP contribution in [0, 0.1) is 18.3 Å². The number of hydrogen-bond acceptors (Lipinski definition) is 6. The Labute approximate surface area is 130 Å². The highest BCUT2D eigenvalue weighted by Crippen LogP contribution is 2.22. The summed E-state index contributed by atoms with van der Waals surface area (Å²) in [5.74, 6) is -1.31. The molecule has 0 saturated heterocycles. The molecule has 0 aliphatic carbocycles. The number of ketones is 1. The number of oxazole rings is 1. The minimum absolute atomic E-state index is 0.118. The molecule has 0 radical (unpaired) electrons. The van der Waals surface area contributed by atoms with E-state index in [2.05, 4.69) is 9.97 Å². The predicted molar refractivity (Wildman–Crippen MR) is 83.3 cm³/mol. The summed E-state index contributed by atoms with van der Waals surface area (Å²) in [6.07, 6.45) is 2.94. The van der Waals surface area contributed by atoms with E-state index in [0.717, 1.165) is 5.01 Å². The summed E-state index contributed by atoms with van der Waals surface area (Å²) in [7, 11) is 0. The second-order valence-corrected chi connectivity index (χ2v) is 5.67. The van der Waals surface area contributed by atoms with Gasteiger partial charge in [-0.15, -0.1) is 11.3 Å². The molecule has 0 spiro atoms. The SMILES string of the molecule is Cc1nc(/C=C/C(=O)[C@@H](C#N)c2nc3ccccc3o2)cs1. The van der Waals surface area contributed by atoms with Crippen LogP contribution >= 0.6 is 11.3 Å². The van der Waals surface area contributed by atoms with Crippen molar-refractivity contribution in [1.29, 1.82) is 5.26 Å². The fraction of sp³-hybridized carbons (Fsp3) is 0.125. The van der Waals surface area contributed by atoms with Gasteiger partial charge in [-0.2, -0.15) is 5.26 Å². The van der Waals surface area contributed by atoms with E-state index in [0.29, 0.717) is 16.8 Å². The molecule has 0 unspecified atom stereocenters. The van der Waals surface area contributed by atoms with Crippen molar-refractivity contribution in [2.24, 2.45) is 0 Å². The number of hydrogen-bond donors (Lipinski definition) is 0. The minimum Gasteiger partial charge on any atom is -0.439 e. The van der Waals surface area contributed by atoms with E-state index >= 15 is 0 Å². The van der Waals surface area contributed by atoms with E-state index in [4.69, 9.17) is 4.42 Å². The quantitative estimate of drug-likeness (QED) is 0.689. The average molecular weight is 309 g/mol. The Hall–Kier alpha value is -2.78. The highest BCUT2D eigenvalue weighted by atomic mass is 32.1. The van der Waals surface area contributed by atoms with Gasteiger partial charge >= 0.3 is 0 Å². The minimum atomic E-state index is -1.05. The van der Waals surface area contributed by atoms with Gasteiger partial charge in [0.05, 0.1) is 16.8 Å². The molecule has 2 aromatic heterocycles. The number of nitrogens with zero attached hydrogens (tertiary/aromatic N) is 3. The Balaban J connectivity index is 1.85. The van der Waals surface area contributed by atoms with Crippen molar-refractivity contribution in [3.05, 3.63) is 52.3 Å². The maximum absolute atomic E-state index is 12.2. The molecule has 3 rings (SSSR count). The second kappa shape index (κ2) is 5.92. The summed E-state index contributed by atoms with van der Waals surface area (Å²) in [4.78, 5) is 20.6. The summed E-state index contributed by atoms with van der Waals surface area (Å²) < 4.78 is 5.50. The molecule has 0 fully saturated rings. The number of allylic oxidation sites excluding steroid dienone is 1. The third-order valence-electron chi connectivity index (χ3n) is 3.03. The van der Waals surface area contributed by atoms with Crippen molar-refractivity contribution in [2.75, 3.05) is 0 Å². The first-order chi connectivity index (χ1) is 10.7. The third kappa shape index (κ3) is 2.80. The van der Waals surface area contributed by atoms with Crippen LogP contribution in [0.3, 0.4) is 0 Å². The lowest BCUT2D eigenvalue weighted by atomic mass is 10.1. The van der Waals surface area contributed by atoms with Crippen molar-refractivity contribution in [3.8, 4) is 6.07 Å². The molecular weight excluding hydrogens is 298 g/mol. The van der Waals surface area contributed by atoms with Gasteiger partial charge in [-0.3, -0.25) is 4.79 Å². The van der Waals surface area contributed by atoms with E-state index in [-0.39, 0.29) is 11.7 Å². The molecular formula is C16H11N3O2S. The molecule has 0 aliphatic rings. The van der Waals surface area contributed by atoms with Crippen molar-refractivity contribution in [2.45, 2.75) is 12.8 Å². The fourth-order valence-corrected chi connectivity index (χ4v) is 2.56. The lowest BCUT2D eigenvalue weighted by Gasteiger charge is -1.98. The van der Waals surface area contributed by atoms with Crippen LogP contribution in [0.5, 0.6) is 0 Å². The van der Waals surface area contributed by atoms with Gasteiger partial charge in [0.15, 0.2) is 17.3 Å². The Morgan fingerprint density at radius 2 is 2.23 bits per heavy atom. The number of fused-ring (bicyclic) bond motifs is 1. The molecule has 5 nitrogen and oxygen atoms in total. The zero-order chi connectivity index (χ0) is 15.5. The largest absolute Gasteiger partial charge is 0.439 e. The summed E-state index contributed by atoms with van der Waals surface area (Å²) in [5, 5.41) is 12.0. The van der Waals surface area contributed by atoms with Crippen molar-refractivity contribution >= 4 is 34.3 Å². The highest BCUT2D eigenvalue weighted by Gasteiger charge is 2.23. The molecule has 1 atom stereocenters. The van der Waals surface area contributed by atoms with Crippen LogP contribution in [0.15, 0.2) is 40.1 Å². The van der Waals surface area contributed by atoms with Crippen LogP contribution < -0.4 is 0 Å². The number of benzene rings is 1. The summed E-state index contributed by atoms with van der Waals surface area (Å²) in [5.41, 5.74) is 1.89. The zero-order valence-corrected chi connectivity index (χ0v) is 12.5. The molecule has 0 aliphatic heterocycles. The molecule has 2 heterocycles.